The predicted octanol–water partition coefficient (Wildman–Crippen LogP) is 2.44. The molecule has 0 bridgehead atoms. The average Bonchev–Trinajstić information content (AvgIpc) is 2.65. The van der Waals surface area contributed by atoms with Crippen LogP contribution in [0.4, 0.5) is 5.69 Å². The molecule has 0 radical (unpaired) electrons. The summed E-state index contributed by atoms with van der Waals surface area (Å²) in [6.07, 6.45) is 2.62. The van der Waals surface area contributed by atoms with E-state index in [0.29, 0.717) is 12.6 Å². The fraction of sp³-hybridized carbons (Fsp3) is 0.538. The largest absolute Gasteiger partial charge is 0.369 e. The van der Waals surface area contributed by atoms with E-state index in [1.165, 1.54) is 36.2 Å². The highest BCUT2D eigenvalue weighted by Crippen LogP contribution is 2.28. The summed E-state index contributed by atoms with van der Waals surface area (Å²) in [6.45, 7) is 6.31. The molecule has 2 nitrogen and oxygen atoms in total. The van der Waals surface area contributed by atoms with Gasteiger partial charge in [-0.2, -0.15) is 0 Å². The van der Waals surface area contributed by atoms with Crippen molar-refractivity contribution in [2.45, 2.75) is 39.3 Å². The Balaban J connectivity index is 2.33. The van der Waals surface area contributed by atoms with Gasteiger partial charge in [-0.05, 0) is 43.9 Å². The van der Waals surface area contributed by atoms with Crippen molar-refractivity contribution in [3.8, 4) is 0 Å². The minimum absolute atomic E-state index is 0.634. The Labute approximate surface area is 92.1 Å². The third-order valence-corrected chi connectivity index (χ3v) is 3.37. The van der Waals surface area contributed by atoms with E-state index in [0.717, 1.165) is 0 Å². The van der Waals surface area contributed by atoms with E-state index in [2.05, 4.69) is 36.9 Å². The lowest BCUT2D eigenvalue weighted by Gasteiger charge is -2.26. The summed E-state index contributed by atoms with van der Waals surface area (Å²) < 4.78 is 0. The molecule has 0 aliphatic carbocycles. The number of benzene rings is 1. The summed E-state index contributed by atoms with van der Waals surface area (Å²) >= 11 is 0. The molecule has 1 aromatic rings. The second-order valence-corrected chi connectivity index (χ2v) is 4.51. The number of hydrogen-bond acceptors (Lipinski definition) is 2. The van der Waals surface area contributed by atoms with Crippen LogP contribution in [0.25, 0.3) is 0 Å². The molecule has 0 spiro atoms. The van der Waals surface area contributed by atoms with E-state index in [1.807, 2.05) is 0 Å². The van der Waals surface area contributed by atoms with Crippen molar-refractivity contribution in [3.05, 3.63) is 29.3 Å². The van der Waals surface area contributed by atoms with Crippen LogP contribution in [-0.4, -0.2) is 12.6 Å². The van der Waals surface area contributed by atoms with Gasteiger partial charge in [0.15, 0.2) is 0 Å². The van der Waals surface area contributed by atoms with Crippen LogP contribution >= 0.6 is 0 Å². The number of hydrogen-bond donors (Lipinski definition) is 1. The average molecular weight is 204 g/mol. The topological polar surface area (TPSA) is 29.3 Å². The zero-order valence-electron chi connectivity index (χ0n) is 9.66. The van der Waals surface area contributed by atoms with E-state index < -0.39 is 0 Å². The van der Waals surface area contributed by atoms with Crippen molar-refractivity contribution in [1.82, 2.24) is 0 Å². The second kappa shape index (κ2) is 4.23. The Morgan fingerprint density at radius 2 is 2.27 bits per heavy atom. The lowest BCUT2D eigenvalue weighted by Crippen LogP contribution is -2.27. The van der Waals surface area contributed by atoms with Gasteiger partial charge in [0.2, 0.25) is 0 Å². The first-order valence-electron chi connectivity index (χ1n) is 5.78. The van der Waals surface area contributed by atoms with E-state index >= 15 is 0 Å². The van der Waals surface area contributed by atoms with Gasteiger partial charge in [-0.3, -0.25) is 0 Å². The van der Waals surface area contributed by atoms with Crippen molar-refractivity contribution in [2.24, 2.45) is 5.73 Å². The molecule has 1 saturated heterocycles. The summed E-state index contributed by atoms with van der Waals surface area (Å²) in [6, 6.07) is 7.23. The summed E-state index contributed by atoms with van der Waals surface area (Å²) in [7, 11) is 0. The van der Waals surface area contributed by atoms with E-state index in [9.17, 15) is 0 Å². The maximum absolute atomic E-state index is 5.68. The van der Waals surface area contributed by atoms with Crippen molar-refractivity contribution in [3.63, 3.8) is 0 Å². The normalized spacial score (nSPS) is 21.0. The van der Waals surface area contributed by atoms with Gasteiger partial charge >= 0.3 is 0 Å². The zero-order valence-corrected chi connectivity index (χ0v) is 9.66. The summed E-state index contributed by atoms with van der Waals surface area (Å²) in [5.41, 5.74) is 9.65. The highest BCUT2D eigenvalue weighted by Gasteiger charge is 2.21. The van der Waals surface area contributed by atoms with Gasteiger partial charge in [0.05, 0.1) is 0 Å². The molecule has 1 fully saturated rings. The fourth-order valence-electron chi connectivity index (χ4n) is 2.38. The van der Waals surface area contributed by atoms with Crippen LogP contribution < -0.4 is 10.6 Å². The van der Waals surface area contributed by atoms with Gasteiger partial charge in [0.1, 0.15) is 0 Å². The lowest BCUT2D eigenvalue weighted by molar-refractivity contribution is 0.733. The number of nitrogens with two attached hydrogens (primary N) is 1. The molecule has 15 heavy (non-hydrogen) atoms. The summed E-state index contributed by atoms with van der Waals surface area (Å²) in [5, 5.41) is 0. The fourth-order valence-corrected chi connectivity index (χ4v) is 2.38. The number of rotatable bonds is 2. The molecular formula is C13H20N2. The van der Waals surface area contributed by atoms with Gasteiger partial charge < -0.3 is 10.6 Å². The first kappa shape index (κ1) is 10.5. The molecule has 2 N–H and O–H groups in total. The van der Waals surface area contributed by atoms with Crippen LogP contribution in [0.3, 0.4) is 0 Å². The van der Waals surface area contributed by atoms with Crippen LogP contribution in [-0.2, 0) is 6.54 Å². The van der Waals surface area contributed by atoms with Crippen LogP contribution in [0, 0.1) is 6.92 Å². The second-order valence-electron chi connectivity index (χ2n) is 4.51. The lowest BCUT2D eigenvalue weighted by atomic mass is 10.1. The van der Waals surface area contributed by atoms with Crippen molar-refractivity contribution in [1.29, 1.82) is 0 Å². The monoisotopic (exact) mass is 204 g/mol. The van der Waals surface area contributed by atoms with Crippen LogP contribution in [0.2, 0.25) is 0 Å². The Bertz CT molecular complexity index is 346. The summed E-state index contributed by atoms with van der Waals surface area (Å²) in [4.78, 5) is 2.51. The molecule has 0 amide bonds. The zero-order chi connectivity index (χ0) is 10.8. The van der Waals surface area contributed by atoms with Gasteiger partial charge in [-0.25, -0.2) is 0 Å². The first-order chi connectivity index (χ1) is 7.22. The Kier molecular flexibility index (Phi) is 2.96. The Hall–Kier alpha value is -1.02. The molecule has 1 aliphatic rings. The molecular weight excluding hydrogens is 184 g/mol. The standard InChI is InChI=1S/C13H20N2/c1-10-5-6-12(9-14)8-13(10)15-7-3-4-11(15)2/h5-6,8,11H,3-4,7,9,14H2,1-2H3. The molecule has 1 heterocycles. The van der Waals surface area contributed by atoms with Gasteiger partial charge in [0.25, 0.3) is 0 Å². The Morgan fingerprint density at radius 3 is 2.87 bits per heavy atom. The minimum atomic E-state index is 0.634. The highest BCUT2D eigenvalue weighted by molar-refractivity contribution is 5.56. The molecule has 0 saturated carbocycles. The molecule has 1 atom stereocenters. The number of anilines is 1. The predicted molar refractivity (Wildman–Crippen MR) is 65.1 cm³/mol. The van der Waals surface area contributed by atoms with E-state index in [4.69, 9.17) is 5.73 Å². The third-order valence-electron chi connectivity index (χ3n) is 3.37. The minimum Gasteiger partial charge on any atom is -0.369 e. The van der Waals surface area contributed by atoms with Gasteiger partial charge in [-0.15, -0.1) is 0 Å². The molecule has 2 heteroatoms. The SMILES string of the molecule is Cc1ccc(CN)cc1N1CCCC1C. The van der Waals surface area contributed by atoms with E-state index in [-0.39, 0.29) is 0 Å². The van der Waals surface area contributed by atoms with Crippen LogP contribution in [0.1, 0.15) is 30.9 Å². The van der Waals surface area contributed by atoms with Crippen LogP contribution in [0.5, 0.6) is 0 Å². The van der Waals surface area contributed by atoms with E-state index in [1.54, 1.807) is 0 Å². The first-order valence-corrected chi connectivity index (χ1v) is 5.78. The van der Waals surface area contributed by atoms with Crippen molar-refractivity contribution >= 4 is 5.69 Å². The number of nitrogens with zero attached hydrogens (tertiary/aromatic N) is 1. The van der Waals surface area contributed by atoms with Crippen LogP contribution in [0.15, 0.2) is 18.2 Å². The van der Waals surface area contributed by atoms with Crippen molar-refractivity contribution < 1.29 is 0 Å². The molecule has 0 aromatic heterocycles. The Morgan fingerprint density at radius 1 is 1.47 bits per heavy atom. The van der Waals surface area contributed by atoms with Crippen molar-refractivity contribution in [2.75, 3.05) is 11.4 Å². The molecule has 1 aromatic carbocycles. The third kappa shape index (κ3) is 2.00. The van der Waals surface area contributed by atoms with Gasteiger partial charge in [0, 0.05) is 24.8 Å². The van der Waals surface area contributed by atoms with Gasteiger partial charge in [-0.1, -0.05) is 12.1 Å². The summed E-state index contributed by atoms with van der Waals surface area (Å²) in [5.74, 6) is 0. The molecule has 1 aliphatic heterocycles. The number of aryl methyl sites for hydroxylation is 1. The smallest absolute Gasteiger partial charge is 0.0401 e. The highest BCUT2D eigenvalue weighted by atomic mass is 15.2. The molecule has 1 unspecified atom stereocenters. The molecule has 82 valence electrons. The quantitative estimate of drug-likeness (QED) is 0.801. The molecule has 2 rings (SSSR count). The maximum Gasteiger partial charge on any atom is 0.0401 e. The maximum atomic E-state index is 5.68.